The highest BCUT2D eigenvalue weighted by molar-refractivity contribution is 6.30. The molecule has 0 N–H and O–H groups in total. The van der Waals surface area contributed by atoms with Gasteiger partial charge in [0.15, 0.2) is 0 Å². The molecule has 178 valence electrons. The highest BCUT2D eigenvalue weighted by Crippen LogP contribution is 2.36. The maximum atomic E-state index is 13.3. The Labute approximate surface area is 200 Å². The van der Waals surface area contributed by atoms with Crippen LogP contribution in [0.3, 0.4) is 0 Å². The van der Waals surface area contributed by atoms with Crippen molar-refractivity contribution < 1.29 is 14.3 Å². The molecule has 4 rings (SSSR count). The minimum atomic E-state index is -0.467. The van der Waals surface area contributed by atoms with Crippen LogP contribution in [0.15, 0.2) is 36.8 Å². The molecule has 2 saturated heterocycles. The van der Waals surface area contributed by atoms with Crippen LogP contribution in [0, 0.1) is 5.41 Å². The van der Waals surface area contributed by atoms with Crippen LogP contribution < -0.4 is 4.74 Å². The van der Waals surface area contributed by atoms with E-state index in [2.05, 4.69) is 16.9 Å². The lowest BCUT2D eigenvalue weighted by molar-refractivity contribution is -0.137. The minimum Gasteiger partial charge on any atom is -0.493 e. The molecule has 8 nitrogen and oxygen atoms in total. The summed E-state index contributed by atoms with van der Waals surface area (Å²) in [7, 11) is 3.92. The topological polar surface area (TPSA) is 70.9 Å². The zero-order valence-electron chi connectivity index (χ0n) is 19.4. The third-order valence-corrected chi connectivity index (χ3v) is 6.83. The second-order valence-electron chi connectivity index (χ2n) is 9.36. The zero-order chi connectivity index (χ0) is 23.4. The van der Waals surface area contributed by atoms with Crippen molar-refractivity contribution in [3.8, 4) is 5.75 Å². The van der Waals surface area contributed by atoms with Crippen molar-refractivity contribution in [1.29, 1.82) is 0 Å². The molecule has 33 heavy (non-hydrogen) atoms. The second kappa shape index (κ2) is 10.1. The molecule has 2 amide bonds. The average molecular weight is 474 g/mol. The summed E-state index contributed by atoms with van der Waals surface area (Å²) < 4.78 is 7.92. The standard InChI is InChI=1S/C24H32ClN5O3/c1-27-9-11-29(12-10-27)22(31)14-24(17-33-20-6-3-5-19(25)13-20)7-4-8-30(16-24)23(32)21-15-28(2)18-26-21/h3,5-6,13,15,18H,4,7-12,14,16-17H2,1-2H3/t24-/m1/s1. The van der Waals surface area contributed by atoms with E-state index >= 15 is 0 Å². The van der Waals surface area contributed by atoms with Crippen LogP contribution in [-0.4, -0.2) is 89.0 Å². The van der Waals surface area contributed by atoms with E-state index < -0.39 is 5.41 Å². The number of aryl methyl sites for hydroxylation is 1. The largest absolute Gasteiger partial charge is 0.493 e. The van der Waals surface area contributed by atoms with Gasteiger partial charge >= 0.3 is 0 Å². The van der Waals surface area contributed by atoms with Crippen molar-refractivity contribution in [3.63, 3.8) is 0 Å². The lowest BCUT2D eigenvalue weighted by Crippen LogP contribution is -2.53. The van der Waals surface area contributed by atoms with Crippen molar-refractivity contribution in [1.82, 2.24) is 24.3 Å². The van der Waals surface area contributed by atoms with Gasteiger partial charge in [-0.05, 0) is 38.1 Å². The summed E-state index contributed by atoms with van der Waals surface area (Å²) in [6.45, 7) is 4.68. The van der Waals surface area contributed by atoms with Gasteiger partial charge in [-0.1, -0.05) is 17.7 Å². The van der Waals surface area contributed by atoms with Crippen LogP contribution in [-0.2, 0) is 11.8 Å². The van der Waals surface area contributed by atoms with Crippen molar-refractivity contribution >= 4 is 23.4 Å². The molecule has 2 aliphatic rings. The molecule has 0 saturated carbocycles. The summed E-state index contributed by atoms with van der Waals surface area (Å²) in [6.07, 6.45) is 5.34. The Morgan fingerprint density at radius 2 is 1.91 bits per heavy atom. The molecule has 0 spiro atoms. The van der Waals surface area contributed by atoms with Crippen LogP contribution in [0.4, 0.5) is 0 Å². The summed E-state index contributed by atoms with van der Waals surface area (Å²) in [5.74, 6) is 0.696. The molecule has 3 heterocycles. The maximum absolute atomic E-state index is 13.3. The number of halogens is 1. The number of likely N-dealkylation sites (N-methyl/N-ethyl adjacent to an activating group) is 1. The van der Waals surface area contributed by atoms with Crippen molar-refractivity contribution in [3.05, 3.63) is 47.5 Å². The Bertz CT molecular complexity index is 988. The maximum Gasteiger partial charge on any atom is 0.274 e. The number of carbonyl (C=O) groups excluding carboxylic acids is 2. The third kappa shape index (κ3) is 5.86. The van der Waals surface area contributed by atoms with Gasteiger partial charge in [-0.2, -0.15) is 0 Å². The van der Waals surface area contributed by atoms with E-state index in [9.17, 15) is 9.59 Å². The Hall–Kier alpha value is -2.58. The lowest BCUT2D eigenvalue weighted by Gasteiger charge is -2.43. The summed E-state index contributed by atoms with van der Waals surface area (Å²) in [5, 5.41) is 0.602. The Morgan fingerprint density at radius 3 is 2.61 bits per heavy atom. The van der Waals surface area contributed by atoms with Gasteiger partial charge < -0.3 is 24.0 Å². The minimum absolute atomic E-state index is 0.102. The first kappa shape index (κ1) is 23.6. The van der Waals surface area contributed by atoms with E-state index in [1.165, 1.54) is 0 Å². The van der Waals surface area contributed by atoms with Gasteiger partial charge in [-0.15, -0.1) is 0 Å². The quantitative estimate of drug-likeness (QED) is 0.644. The van der Waals surface area contributed by atoms with E-state index in [-0.39, 0.29) is 11.8 Å². The van der Waals surface area contributed by atoms with Crippen molar-refractivity contribution in [2.24, 2.45) is 12.5 Å². The van der Waals surface area contributed by atoms with E-state index in [1.54, 1.807) is 29.2 Å². The first-order chi connectivity index (χ1) is 15.8. The number of carbonyl (C=O) groups is 2. The number of ether oxygens (including phenoxy) is 1. The number of piperidine rings is 1. The van der Waals surface area contributed by atoms with Gasteiger partial charge in [0.25, 0.3) is 5.91 Å². The van der Waals surface area contributed by atoms with E-state index in [4.69, 9.17) is 16.3 Å². The highest BCUT2D eigenvalue weighted by atomic mass is 35.5. The number of aromatic nitrogens is 2. The van der Waals surface area contributed by atoms with Crippen molar-refractivity contribution in [2.75, 3.05) is 52.9 Å². The van der Waals surface area contributed by atoms with Crippen LogP contribution in [0.5, 0.6) is 5.75 Å². The number of rotatable bonds is 6. The predicted octanol–water partition coefficient (Wildman–Crippen LogP) is 2.54. The SMILES string of the molecule is CN1CCN(C(=O)C[C@]2(COc3cccc(Cl)c3)CCCN(C(=O)c3cn(C)cn3)C2)CC1. The van der Waals surface area contributed by atoms with E-state index in [0.717, 1.165) is 39.0 Å². The zero-order valence-corrected chi connectivity index (χ0v) is 20.1. The molecule has 9 heteroatoms. The second-order valence-corrected chi connectivity index (χ2v) is 9.80. The van der Waals surface area contributed by atoms with Gasteiger partial charge in [0.1, 0.15) is 11.4 Å². The number of piperazine rings is 1. The van der Waals surface area contributed by atoms with Gasteiger partial charge in [-0.3, -0.25) is 9.59 Å². The number of hydrogen-bond acceptors (Lipinski definition) is 5. The number of benzene rings is 1. The third-order valence-electron chi connectivity index (χ3n) is 6.60. The molecule has 0 radical (unpaired) electrons. The molecule has 2 fully saturated rings. The van der Waals surface area contributed by atoms with Gasteiger partial charge in [0.2, 0.25) is 5.91 Å². The molecule has 1 aromatic heterocycles. The smallest absolute Gasteiger partial charge is 0.274 e. The predicted molar refractivity (Wildman–Crippen MR) is 126 cm³/mol. The molecule has 1 aromatic carbocycles. The average Bonchev–Trinajstić information content (AvgIpc) is 3.24. The summed E-state index contributed by atoms with van der Waals surface area (Å²) in [4.78, 5) is 36.7. The number of likely N-dealkylation sites (tertiary alicyclic amines) is 1. The molecule has 2 aliphatic heterocycles. The fourth-order valence-electron chi connectivity index (χ4n) is 4.66. The molecule has 0 bridgehead atoms. The highest BCUT2D eigenvalue weighted by Gasteiger charge is 2.41. The van der Waals surface area contributed by atoms with Gasteiger partial charge in [-0.25, -0.2) is 4.98 Å². The number of amides is 2. The molecule has 1 atom stereocenters. The fourth-order valence-corrected chi connectivity index (χ4v) is 4.84. The molecular formula is C24H32ClN5O3. The lowest BCUT2D eigenvalue weighted by atomic mass is 9.77. The van der Waals surface area contributed by atoms with Gasteiger partial charge in [0, 0.05) is 69.4 Å². The summed E-state index contributed by atoms with van der Waals surface area (Å²) in [5.41, 5.74) is -0.0414. The van der Waals surface area contributed by atoms with Crippen LogP contribution in [0.25, 0.3) is 0 Å². The summed E-state index contributed by atoms with van der Waals surface area (Å²) in [6, 6.07) is 7.28. The molecule has 0 unspecified atom stereocenters. The van der Waals surface area contributed by atoms with E-state index in [0.29, 0.717) is 42.6 Å². The van der Waals surface area contributed by atoms with Crippen LogP contribution >= 0.6 is 11.6 Å². The van der Waals surface area contributed by atoms with Gasteiger partial charge in [0.05, 0.1) is 12.9 Å². The monoisotopic (exact) mass is 473 g/mol. The first-order valence-corrected chi connectivity index (χ1v) is 11.8. The Balaban J connectivity index is 1.52. The van der Waals surface area contributed by atoms with E-state index in [1.807, 2.05) is 29.0 Å². The number of nitrogens with zero attached hydrogens (tertiary/aromatic N) is 5. The molecular weight excluding hydrogens is 442 g/mol. The first-order valence-electron chi connectivity index (χ1n) is 11.5. The fraction of sp³-hybridized carbons (Fsp3) is 0.542. The molecule has 0 aliphatic carbocycles. The normalized spacial score (nSPS) is 21.8. The Morgan fingerprint density at radius 1 is 1.12 bits per heavy atom. The van der Waals surface area contributed by atoms with Crippen LogP contribution in [0.1, 0.15) is 29.8 Å². The summed E-state index contributed by atoms with van der Waals surface area (Å²) >= 11 is 6.13. The molecule has 2 aromatic rings. The number of hydrogen-bond donors (Lipinski definition) is 0. The van der Waals surface area contributed by atoms with Crippen molar-refractivity contribution in [2.45, 2.75) is 19.3 Å². The number of imidazole rings is 1. The Kier molecular flexibility index (Phi) is 7.24. The van der Waals surface area contributed by atoms with Crippen LogP contribution in [0.2, 0.25) is 5.02 Å².